The highest BCUT2D eigenvalue weighted by Gasteiger charge is 2.41. The van der Waals surface area contributed by atoms with E-state index < -0.39 is 30.6 Å². The summed E-state index contributed by atoms with van der Waals surface area (Å²) in [5, 5.41) is 2.95. The van der Waals surface area contributed by atoms with Gasteiger partial charge in [0.15, 0.2) is 0 Å². The zero-order chi connectivity index (χ0) is 25.8. The maximum absolute atomic E-state index is 12.5. The highest BCUT2D eigenvalue weighted by Crippen LogP contribution is 2.43. The largest absolute Gasteiger partial charge is 0.472 e. The number of nitrogens with zero attached hydrogens (tertiary/aromatic N) is 1. The topological polar surface area (TPSA) is 130 Å². The van der Waals surface area contributed by atoms with Gasteiger partial charge in [0.2, 0.25) is 0 Å². The molecule has 0 aliphatic heterocycles. The van der Waals surface area contributed by atoms with Gasteiger partial charge in [0.25, 0.3) is 0 Å². The number of phosphoric ester groups is 1. The molecule has 0 aromatic rings. The van der Waals surface area contributed by atoms with Gasteiger partial charge in [0.1, 0.15) is 26.4 Å². The van der Waals surface area contributed by atoms with Crippen molar-refractivity contribution in [3.05, 3.63) is 0 Å². The van der Waals surface area contributed by atoms with E-state index in [0.29, 0.717) is 30.8 Å². The van der Waals surface area contributed by atoms with Crippen LogP contribution in [0.4, 0.5) is 0 Å². The molecule has 0 saturated carbocycles. The number of esters is 2. The molecule has 0 aliphatic rings. The van der Waals surface area contributed by atoms with Crippen LogP contribution in [-0.2, 0) is 37.4 Å². The minimum absolute atomic E-state index is 0.0529. The van der Waals surface area contributed by atoms with E-state index in [1.807, 2.05) is 28.2 Å². The van der Waals surface area contributed by atoms with E-state index >= 15 is 0 Å². The van der Waals surface area contributed by atoms with Crippen molar-refractivity contribution >= 4 is 19.8 Å². The van der Waals surface area contributed by atoms with Crippen LogP contribution in [0.5, 0.6) is 0 Å². The Morgan fingerprint density at radius 3 is 1.82 bits per heavy atom. The quantitative estimate of drug-likeness (QED) is 0.124. The fraction of sp³-hybridized carbons (Fsp3) is 0.905. The van der Waals surface area contributed by atoms with Gasteiger partial charge in [-0.05, 0) is 41.2 Å². The Hall–Kier alpha value is -1.07. The summed E-state index contributed by atoms with van der Waals surface area (Å²) in [4.78, 5) is 34.6. The molecule has 0 radical (unpaired) electrons. The van der Waals surface area contributed by atoms with Crippen LogP contribution in [-0.4, -0.2) is 102 Å². The van der Waals surface area contributed by atoms with Crippen LogP contribution in [0.1, 0.15) is 34.1 Å². The number of hydrogen-bond donors (Lipinski definition) is 2. The SMILES string of the molecule is CNCCOCCOC(=O)C(C)(C)CC(C)(C)C(=O)OCCOP(=O)(O)OCC[N+](C)(C)C. The number of hydrogen-bond acceptors (Lipinski definition) is 9. The first kappa shape index (κ1) is 31.9. The lowest BCUT2D eigenvalue weighted by Crippen LogP contribution is -2.37. The lowest BCUT2D eigenvalue weighted by molar-refractivity contribution is -0.870. The van der Waals surface area contributed by atoms with Crippen molar-refractivity contribution in [2.45, 2.75) is 34.1 Å². The Morgan fingerprint density at radius 1 is 0.848 bits per heavy atom. The van der Waals surface area contributed by atoms with Crippen molar-refractivity contribution in [3.63, 3.8) is 0 Å². The molecule has 1 unspecified atom stereocenters. The lowest BCUT2D eigenvalue weighted by atomic mass is 9.75. The van der Waals surface area contributed by atoms with Crippen molar-refractivity contribution in [2.75, 3.05) is 80.9 Å². The first-order valence-corrected chi connectivity index (χ1v) is 12.5. The molecule has 196 valence electrons. The van der Waals surface area contributed by atoms with Gasteiger partial charge in [-0.3, -0.25) is 18.6 Å². The molecule has 0 rings (SSSR count). The number of ether oxygens (including phenoxy) is 3. The summed E-state index contributed by atoms with van der Waals surface area (Å²) in [5.41, 5.74) is -1.92. The first-order chi connectivity index (χ1) is 15.0. The lowest BCUT2D eigenvalue weighted by Gasteiger charge is -2.31. The number of carbonyl (C=O) groups is 2. The molecule has 0 bridgehead atoms. The number of carbonyl (C=O) groups excluding carboxylic acids is 2. The van der Waals surface area contributed by atoms with Gasteiger partial charge in [0, 0.05) is 6.54 Å². The summed E-state index contributed by atoms with van der Waals surface area (Å²) in [5.74, 6) is -0.989. The van der Waals surface area contributed by atoms with E-state index in [1.54, 1.807) is 27.7 Å². The molecule has 0 fully saturated rings. The predicted octanol–water partition coefficient (Wildman–Crippen LogP) is 1.59. The van der Waals surface area contributed by atoms with Gasteiger partial charge in [-0.2, -0.15) is 0 Å². The van der Waals surface area contributed by atoms with Crippen LogP contribution >= 0.6 is 7.82 Å². The Labute approximate surface area is 198 Å². The summed E-state index contributed by atoms with van der Waals surface area (Å²) in [7, 11) is 3.38. The summed E-state index contributed by atoms with van der Waals surface area (Å²) in [6, 6.07) is 0. The second-order valence-electron chi connectivity index (χ2n) is 10.1. The normalized spacial score (nSPS) is 14.6. The number of likely N-dealkylation sites (N-methyl/N-ethyl adjacent to an activating group) is 2. The van der Waals surface area contributed by atoms with Crippen LogP contribution in [0.2, 0.25) is 0 Å². The predicted molar refractivity (Wildman–Crippen MR) is 123 cm³/mol. The third-order valence-corrected chi connectivity index (χ3v) is 5.55. The zero-order valence-corrected chi connectivity index (χ0v) is 22.4. The third-order valence-electron chi connectivity index (χ3n) is 4.53. The Morgan fingerprint density at radius 2 is 1.33 bits per heavy atom. The van der Waals surface area contributed by atoms with E-state index in [4.69, 9.17) is 23.3 Å². The molecule has 2 N–H and O–H groups in total. The molecule has 0 saturated heterocycles. The van der Waals surface area contributed by atoms with Gasteiger partial charge in [0.05, 0.1) is 51.8 Å². The zero-order valence-electron chi connectivity index (χ0n) is 21.5. The minimum Gasteiger partial charge on any atom is -0.463 e. The van der Waals surface area contributed by atoms with Gasteiger partial charge in [-0.15, -0.1) is 0 Å². The number of rotatable bonds is 18. The monoisotopic (exact) mass is 499 g/mol. The van der Waals surface area contributed by atoms with Gasteiger partial charge in [-0.25, -0.2) is 4.57 Å². The van der Waals surface area contributed by atoms with E-state index in [-0.39, 0.29) is 32.8 Å². The highest BCUT2D eigenvalue weighted by molar-refractivity contribution is 7.47. The van der Waals surface area contributed by atoms with Crippen LogP contribution in [0.25, 0.3) is 0 Å². The summed E-state index contributed by atoms with van der Waals surface area (Å²) in [6.07, 6.45) is 0.186. The number of nitrogens with one attached hydrogen (secondary N) is 1. The molecule has 12 heteroatoms. The van der Waals surface area contributed by atoms with Crippen molar-refractivity contribution in [1.29, 1.82) is 0 Å². The Bertz CT molecular complexity index is 648. The molecule has 0 amide bonds. The molecular weight excluding hydrogens is 455 g/mol. The second kappa shape index (κ2) is 14.4. The maximum atomic E-state index is 12.5. The van der Waals surface area contributed by atoms with Gasteiger partial charge >= 0.3 is 19.8 Å². The van der Waals surface area contributed by atoms with Crippen molar-refractivity contribution < 1.29 is 46.8 Å². The standard InChI is InChI=1S/C21H43N2O9P/c1-20(2,18(24)29-14-13-28-11-9-22-5)17-21(3,4)19(25)30-15-16-32-33(26,27)31-12-10-23(6,7)8/h22H,9-17H2,1-8H3/p+1. The molecule has 0 aliphatic carbocycles. The average Bonchev–Trinajstić information content (AvgIpc) is 2.65. The van der Waals surface area contributed by atoms with Crippen molar-refractivity contribution in [3.8, 4) is 0 Å². The molecule has 0 aromatic carbocycles. The van der Waals surface area contributed by atoms with E-state index in [1.165, 1.54) is 0 Å². The molecule has 0 aromatic heterocycles. The second-order valence-corrected chi connectivity index (χ2v) is 11.5. The summed E-state index contributed by atoms with van der Waals surface area (Å²) in [6.45, 7) is 8.45. The van der Waals surface area contributed by atoms with Gasteiger partial charge in [-0.1, -0.05) is 0 Å². The molecule has 0 spiro atoms. The average molecular weight is 500 g/mol. The van der Waals surface area contributed by atoms with Crippen LogP contribution in [0, 0.1) is 10.8 Å². The van der Waals surface area contributed by atoms with E-state index in [0.717, 1.165) is 0 Å². The maximum Gasteiger partial charge on any atom is 0.472 e. The molecule has 11 nitrogen and oxygen atoms in total. The first-order valence-electron chi connectivity index (χ1n) is 11.0. The molecular formula is C21H44N2O9P+. The third kappa shape index (κ3) is 15.5. The summed E-state index contributed by atoms with van der Waals surface area (Å²) >= 11 is 0. The van der Waals surface area contributed by atoms with Crippen LogP contribution in [0.15, 0.2) is 0 Å². The minimum atomic E-state index is -4.22. The smallest absolute Gasteiger partial charge is 0.463 e. The number of quaternary nitrogens is 1. The van der Waals surface area contributed by atoms with E-state index in [9.17, 15) is 19.0 Å². The van der Waals surface area contributed by atoms with Gasteiger partial charge < -0.3 is 28.9 Å². The van der Waals surface area contributed by atoms with Crippen LogP contribution < -0.4 is 5.32 Å². The molecule has 1 atom stereocenters. The Kier molecular flexibility index (Phi) is 13.9. The highest BCUT2D eigenvalue weighted by atomic mass is 31.2. The van der Waals surface area contributed by atoms with Crippen molar-refractivity contribution in [1.82, 2.24) is 5.32 Å². The fourth-order valence-corrected chi connectivity index (χ4v) is 3.56. The fourth-order valence-electron chi connectivity index (χ4n) is 2.86. The Balaban J connectivity index is 4.40. The summed E-state index contributed by atoms with van der Waals surface area (Å²) < 4.78 is 38.0. The number of phosphoric acid groups is 1. The molecule has 0 heterocycles. The van der Waals surface area contributed by atoms with Crippen LogP contribution in [0.3, 0.4) is 0 Å². The molecule has 33 heavy (non-hydrogen) atoms. The van der Waals surface area contributed by atoms with Crippen molar-refractivity contribution in [2.24, 2.45) is 10.8 Å². The van der Waals surface area contributed by atoms with E-state index in [2.05, 4.69) is 5.32 Å².